The Hall–Kier alpha value is -3.22. The molecule has 3 atom stereocenters. The van der Waals surface area contributed by atoms with Crippen LogP contribution in [0, 0.1) is 18.7 Å². The highest BCUT2D eigenvalue weighted by atomic mass is 35.5. The van der Waals surface area contributed by atoms with Crippen LogP contribution in [0.4, 0.5) is 15.8 Å². The average molecular weight is 437 g/mol. The Kier molecular flexibility index (Phi) is 4.76. The summed E-state index contributed by atoms with van der Waals surface area (Å²) in [4.78, 5) is 33.7. The topological polar surface area (TPSA) is 49.9 Å². The lowest BCUT2D eigenvalue weighted by Gasteiger charge is -2.28. The summed E-state index contributed by atoms with van der Waals surface area (Å²) in [6.07, 6.45) is -1.00. The lowest BCUT2D eigenvalue weighted by molar-refractivity contribution is -0.126. The second kappa shape index (κ2) is 7.48. The number of hydrogen-bond acceptors (Lipinski definition) is 4. The van der Waals surface area contributed by atoms with Crippen molar-refractivity contribution in [3.8, 4) is 0 Å². The van der Waals surface area contributed by atoms with Gasteiger partial charge in [0.1, 0.15) is 11.7 Å². The van der Waals surface area contributed by atoms with E-state index in [-0.39, 0.29) is 10.7 Å². The second-order valence-electron chi connectivity index (χ2n) is 7.68. The van der Waals surface area contributed by atoms with Crippen LogP contribution in [0.3, 0.4) is 0 Å². The first-order valence-electron chi connectivity index (χ1n) is 9.86. The molecule has 2 saturated heterocycles. The minimum atomic E-state index is -1.00. The SMILES string of the molecule is Cc1ccc([C@H]2[C@@H]3C(=O)N(c4ccc(Cl)c(F)c4)C(=O)[C@@H]3ON2c2ccccc2)cc1. The van der Waals surface area contributed by atoms with Gasteiger partial charge in [0.25, 0.3) is 5.91 Å². The van der Waals surface area contributed by atoms with E-state index in [0.29, 0.717) is 0 Å². The zero-order chi connectivity index (χ0) is 21.7. The molecule has 3 aromatic rings. The molecule has 2 fully saturated rings. The maximum Gasteiger partial charge on any atom is 0.266 e. The molecule has 0 aliphatic carbocycles. The maximum absolute atomic E-state index is 14.0. The summed E-state index contributed by atoms with van der Waals surface area (Å²) >= 11 is 5.76. The number of amides is 2. The Balaban J connectivity index is 1.58. The molecule has 156 valence electrons. The number of nitrogens with zero attached hydrogens (tertiary/aromatic N) is 2. The van der Waals surface area contributed by atoms with E-state index >= 15 is 0 Å². The molecule has 3 aromatic carbocycles. The van der Waals surface area contributed by atoms with Gasteiger partial charge in [0.15, 0.2) is 6.10 Å². The summed E-state index contributed by atoms with van der Waals surface area (Å²) in [7, 11) is 0. The van der Waals surface area contributed by atoms with Gasteiger partial charge >= 0.3 is 0 Å². The molecule has 31 heavy (non-hydrogen) atoms. The smallest absolute Gasteiger partial charge is 0.266 e. The number of anilines is 2. The van der Waals surface area contributed by atoms with E-state index < -0.39 is 35.7 Å². The lowest BCUT2D eigenvalue weighted by Crippen LogP contribution is -2.37. The number of para-hydroxylation sites is 1. The number of imide groups is 1. The zero-order valence-corrected chi connectivity index (χ0v) is 17.3. The van der Waals surface area contributed by atoms with Gasteiger partial charge in [-0.25, -0.2) is 14.4 Å². The minimum absolute atomic E-state index is 0.0768. The van der Waals surface area contributed by atoms with Crippen molar-refractivity contribution in [1.82, 2.24) is 0 Å². The van der Waals surface area contributed by atoms with Crippen LogP contribution in [0.5, 0.6) is 0 Å². The summed E-state index contributed by atoms with van der Waals surface area (Å²) in [5.41, 5.74) is 2.82. The molecular weight excluding hydrogens is 419 g/mol. The normalized spacial score (nSPS) is 22.9. The highest BCUT2D eigenvalue weighted by Crippen LogP contribution is 2.47. The number of hydrogen-bond donors (Lipinski definition) is 0. The van der Waals surface area contributed by atoms with Crippen molar-refractivity contribution in [2.75, 3.05) is 9.96 Å². The Morgan fingerprint density at radius 1 is 0.903 bits per heavy atom. The number of hydroxylamine groups is 1. The van der Waals surface area contributed by atoms with Crippen molar-refractivity contribution in [1.29, 1.82) is 0 Å². The van der Waals surface area contributed by atoms with Gasteiger partial charge in [0, 0.05) is 0 Å². The monoisotopic (exact) mass is 436 g/mol. The number of benzene rings is 3. The Morgan fingerprint density at radius 2 is 1.61 bits per heavy atom. The zero-order valence-electron chi connectivity index (χ0n) is 16.5. The van der Waals surface area contributed by atoms with Gasteiger partial charge in [-0.3, -0.25) is 14.4 Å². The predicted molar refractivity (Wildman–Crippen MR) is 115 cm³/mol. The Bertz CT molecular complexity index is 1170. The van der Waals surface area contributed by atoms with Crippen LogP contribution in [-0.4, -0.2) is 17.9 Å². The van der Waals surface area contributed by atoms with Crippen LogP contribution in [-0.2, 0) is 14.4 Å². The molecule has 0 aromatic heterocycles. The second-order valence-corrected chi connectivity index (χ2v) is 8.09. The van der Waals surface area contributed by atoms with Crippen LogP contribution in [0.25, 0.3) is 0 Å². The first-order chi connectivity index (χ1) is 15.0. The molecule has 2 heterocycles. The molecule has 0 bridgehead atoms. The van der Waals surface area contributed by atoms with E-state index in [1.165, 1.54) is 12.1 Å². The number of aryl methyl sites for hydroxylation is 1. The largest absolute Gasteiger partial charge is 0.273 e. The standard InChI is InChI=1S/C24H18ClFN2O3/c1-14-7-9-15(10-8-14)21-20-22(31-28(21)16-5-3-2-4-6-16)24(30)27(23(20)29)17-11-12-18(25)19(26)13-17/h2-13,20-22H,1H3/t20-,21-,22+/m0/s1. The fourth-order valence-electron chi connectivity index (χ4n) is 4.19. The van der Waals surface area contributed by atoms with E-state index in [9.17, 15) is 14.0 Å². The van der Waals surface area contributed by atoms with Gasteiger partial charge in [0.05, 0.1) is 22.4 Å². The van der Waals surface area contributed by atoms with E-state index in [2.05, 4.69) is 0 Å². The number of carbonyl (C=O) groups is 2. The molecular formula is C24H18ClFN2O3. The van der Waals surface area contributed by atoms with Crippen LogP contribution >= 0.6 is 11.6 Å². The quantitative estimate of drug-likeness (QED) is 0.551. The average Bonchev–Trinajstić information content (AvgIpc) is 3.28. The van der Waals surface area contributed by atoms with Crippen molar-refractivity contribution >= 4 is 34.8 Å². The number of carbonyl (C=O) groups excluding carboxylic acids is 2. The molecule has 5 nitrogen and oxygen atoms in total. The number of rotatable bonds is 3. The van der Waals surface area contributed by atoms with E-state index in [4.69, 9.17) is 16.4 Å². The van der Waals surface area contributed by atoms with Crippen molar-refractivity contribution in [2.24, 2.45) is 5.92 Å². The molecule has 0 unspecified atom stereocenters. The summed E-state index contributed by atoms with van der Waals surface area (Å²) in [5, 5.41) is 1.56. The number of halogens is 2. The molecule has 0 saturated carbocycles. The maximum atomic E-state index is 14.0. The summed E-state index contributed by atoms with van der Waals surface area (Å²) < 4.78 is 14.0. The highest BCUT2D eigenvalue weighted by molar-refractivity contribution is 6.31. The van der Waals surface area contributed by atoms with E-state index in [0.717, 1.165) is 27.8 Å². The van der Waals surface area contributed by atoms with Gasteiger partial charge in [-0.2, -0.15) is 0 Å². The third kappa shape index (κ3) is 3.19. The molecule has 2 aliphatic heterocycles. The molecule has 2 aliphatic rings. The van der Waals surface area contributed by atoms with Crippen LogP contribution in [0.1, 0.15) is 17.2 Å². The first kappa shape index (κ1) is 19.7. The van der Waals surface area contributed by atoms with Crippen molar-refractivity contribution in [3.63, 3.8) is 0 Å². The van der Waals surface area contributed by atoms with Gasteiger partial charge < -0.3 is 0 Å². The van der Waals surface area contributed by atoms with Crippen LogP contribution in [0.15, 0.2) is 72.8 Å². The molecule has 7 heteroatoms. The van der Waals surface area contributed by atoms with Gasteiger partial charge in [-0.05, 0) is 42.8 Å². The highest BCUT2D eigenvalue weighted by Gasteiger charge is 2.60. The molecule has 0 radical (unpaired) electrons. The van der Waals surface area contributed by atoms with Crippen LogP contribution in [0.2, 0.25) is 5.02 Å². The third-order valence-electron chi connectivity index (χ3n) is 5.71. The van der Waals surface area contributed by atoms with Crippen molar-refractivity contribution < 1.29 is 18.8 Å². The molecule has 0 spiro atoms. The Morgan fingerprint density at radius 3 is 2.29 bits per heavy atom. The summed E-state index contributed by atoms with van der Waals surface area (Å²) in [6.45, 7) is 1.98. The van der Waals surface area contributed by atoms with E-state index in [1.807, 2.05) is 61.5 Å². The van der Waals surface area contributed by atoms with Gasteiger partial charge in [-0.15, -0.1) is 0 Å². The van der Waals surface area contributed by atoms with Crippen molar-refractivity contribution in [3.05, 3.63) is 94.8 Å². The molecule has 5 rings (SSSR count). The predicted octanol–water partition coefficient (Wildman–Crippen LogP) is 4.84. The lowest BCUT2D eigenvalue weighted by atomic mass is 9.90. The summed E-state index contributed by atoms with van der Waals surface area (Å²) in [6, 6.07) is 20.5. The minimum Gasteiger partial charge on any atom is -0.273 e. The molecule has 2 amide bonds. The fraction of sp³-hybridized carbons (Fsp3) is 0.167. The number of fused-ring (bicyclic) bond motifs is 1. The van der Waals surface area contributed by atoms with Gasteiger partial charge in [0.2, 0.25) is 5.91 Å². The fourth-order valence-corrected chi connectivity index (χ4v) is 4.31. The molecule has 0 N–H and O–H groups in total. The van der Waals surface area contributed by atoms with Crippen LogP contribution < -0.4 is 9.96 Å². The third-order valence-corrected chi connectivity index (χ3v) is 6.01. The van der Waals surface area contributed by atoms with Gasteiger partial charge in [-0.1, -0.05) is 59.6 Å². The first-order valence-corrected chi connectivity index (χ1v) is 10.2. The van der Waals surface area contributed by atoms with Crippen molar-refractivity contribution in [2.45, 2.75) is 19.1 Å². The summed E-state index contributed by atoms with van der Waals surface area (Å²) in [5.74, 6) is -2.42. The van der Waals surface area contributed by atoms with E-state index in [1.54, 1.807) is 5.06 Å². The Labute approximate surface area is 183 Å².